The molecule has 0 heterocycles. The first-order valence-corrected chi connectivity index (χ1v) is 7.73. The Labute approximate surface area is 150 Å². The van der Waals surface area contributed by atoms with Crippen molar-refractivity contribution < 1.29 is 27.8 Å². The second-order valence-electron chi connectivity index (χ2n) is 5.22. The molecule has 0 aliphatic rings. The summed E-state index contributed by atoms with van der Waals surface area (Å²) in [7, 11) is 3.10. The van der Waals surface area contributed by atoms with E-state index < -0.39 is 6.61 Å². The summed E-state index contributed by atoms with van der Waals surface area (Å²) in [6.45, 7) is -2.60. The van der Waals surface area contributed by atoms with Crippen LogP contribution in [-0.4, -0.2) is 26.7 Å². The van der Waals surface area contributed by atoms with E-state index in [2.05, 4.69) is 10.1 Å². The average molecular weight is 363 g/mol. The molecular weight excluding hydrogens is 344 g/mol. The van der Waals surface area contributed by atoms with Gasteiger partial charge in [0.05, 0.1) is 14.2 Å². The fourth-order valence-electron chi connectivity index (χ4n) is 2.13. The average Bonchev–Trinajstić information content (AvgIpc) is 2.65. The summed E-state index contributed by atoms with van der Waals surface area (Å²) >= 11 is 0. The van der Waals surface area contributed by atoms with Crippen molar-refractivity contribution in [3.63, 3.8) is 0 Å². The zero-order valence-electron chi connectivity index (χ0n) is 14.4. The lowest BCUT2D eigenvalue weighted by Crippen LogP contribution is -2.20. The quantitative estimate of drug-likeness (QED) is 0.728. The molecule has 0 spiro atoms. The molecule has 0 unspecified atom stereocenters. The molecule has 5 nitrogen and oxygen atoms in total. The van der Waals surface area contributed by atoms with Crippen LogP contribution in [0.15, 0.2) is 48.5 Å². The molecule has 0 radical (unpaired) electrons. The topological polar surface area (TPSA) is 56.8 Å². The normalized spacial score (nSPS) is 10.8. The van der Waals surface area contributed by atoms with Gasteiger partial charge < -0.3 is 19.5 Å². The Hall–Kier alpha value is -3.09. The number of carbonyl (C=O) groups is 1. The number of alkyl halides is 2. The molecule has 7 heteroatoms. The predicted octanol–water partition coefficient (Wildman–Crippen LogP) is 3.63. The lowest BCUT2D eigenvalue weighted by atomic mass is 10.2. The summed E-state index contributed by atoms with van der Waals surface area (Å²) in [5, 5.41) is 2.71. The highest BCUT2D eigenvalue weighted by Gasteiger charge is 2.04. The number of benzene rings is 2. The molecule has 2 rings (SSSR count). The molecule has 0 aliphatic carbocycles. The molecule has 0 bridgehead atoms. The minimum Gasteiger partial charge on any atom is -0.497 e. The van der Waals surface area contributed by atoms with Crippen LogP contribution in [0.25, 0.3) is 6.08 Å². The van der Waals surface area contributed by atoms with Crippen LogP contribution in [0.2, 0.25) is 0 Å². The van der Waals surface area contributed by atoms with E-state index in [1.807, 2.05) is 0 Å². The van der Waals surface area contributed by atoms with Crippen LogP contribution in [-0.2, 0) is 11.3 Å². The van der Waals surface area contributed by atoms with Crippen LogP contribution < -0.4 is 19.5 Å². The van der Waals surface area contributed by atoms with Crippen LogP contribution in [0.4, 0.5) is 8.78 Å². The van der Waals surface area contributed by atoms with E-state index in [4.69, 9.17) is 9.47 Å². The Morgan fingerprint density at radius 3 is 2.19 bits per heavy atom. The minimum atomic E-state index is -2.86. The first kappa shape index (κ1) is 19.2. The number of methoxy groups -OCH3 is 2. The zero-order valence-corrected chi connectivity index (χ0v) is 14.4. The van der Waals surface area contributed by atoms with E-state index in [0.717, 1.165) is 11.1 Å². The summed E-state index contributed by atoms with van der Waals surface area (Å²) in [6.07, 6.45) is 3.03. The van der Waals surface area contributed by atoms with E-state index in [1.54, 1.807) is 50.6 Å². The van der Waals surface area contributed by atoms with E-state index in [9.17, 15) is 13.6 Å². The van der Waals surface area contributed by atoms with Crippen LogP contribution in [0.3, 0.4) is 0 Å². The summed E-state index contributed by atoms with van der Waals surface area (Å²) in [5.74, 6) is 1.02. The number of hydrogen-bond acceptors (Lipinski definition) is 4. The molecule has 2 aromatic carbocycles. The van der Waals surface area contributed by atoms with Gasteiger partial charge in [0.2, 0.25) is 5.91 Å². The van der Waals surface area contributed by atoms with Gasteiger partial charge in [-0.1, -0.05) is 12.1 Å². The highest BCUT2D eigenvalue weighted by molar-refractivity contribution is 5.91. The van der Waals surface area contributed by atoms with E-state index in [-0.39, 0.29) is 18.2 Å². The monoisotopic (exact) mass is 363 g/mol. The van der Waals surface area contributed by atoms with Crippen molar-refractivity contribution in [1.82, 2.24) is 5.32 Å². The summed E-state index contributed by atoms with van der Waals surface area (Å²) in [4.78, 5) is 11.9. The van der Waals surface area contributed by atoms with Gasteiger partial charge >= 0.3 is 6.61 Å². The lowest BCUT2D eigenvalue weighted by molar-refractivity contribution is -0.116. The number of hydrogen-bond donors (Lipinski definition) is 1. The number of halogens is 2. The van der Waals surface area contributed by atoms with Gasteiger partial charge in [-0.15, -0.1) is 0 Å². The van der Waals surface area contributed by atoms with Gasteiger partial charge in [-0.25, -0.2) is 0 Å². The molecule has 0 saturated carbocycles. The van der Waals surface area contributed by atoms with Crippen molar-refractivity contribution in [3.8, 4) is 17.2 Å². The van der Waals surface area contributed by atoms with Gasteiger partial charge in [-0.2, -0.15) is 8.78 Å². The fraction of sp³-hybridized carbons (Fsp3) is 0.211. The third kappa shape index (κ3) is 6.08. The van der Waals surface area contributed by atoms with Gasteiger partial charge in [-0.05, 0) is 41.5 Å². The standard InChI is InChI=1S/C19H19F2NO4/c1-24-16-9-14(10-17(11-16)25-2)5-8-18(23)22-12-13-3-6-15(7-4-13)26-19(20)21/h3-11,19H,12H2,1-2H3,(H,22,23)/b8-5+. The number of carbonyl (C=O) groups excluding carboxylic acids is 1. The molecule has 0 aliphatic heterocycles. The van der Waals surface area contributed by atoms with Crippen molar-refractivity contribution in [2.24, 2.45) is 0 Å². The lowest BCUT2D eigenvalue weighted by Gasteiger charge is -2.07. The van der Waals surface area contributed by atoms with Gasteiger partial charge in [0, 0.05) is 18.7 Å². The zero-order chi connectivity index (χ0) is 18.9. The van der Waals surface area contributed by atoms with Gasteiger partial charge in [0.15, 0.2) is 0 Å². The maximum absolute atomic E-state index is 12.1. The predicted molar refractivity (Wildman–Crippen MR) is 93.5 cm³/mol. The molecule has 138 valence electrons. The van der Waals surface area contributed by atoms with Crippen LogP contribution in [0, 0.1) is 0 Å². The molecular formula is C19H19F2NO4. The smallest absolute Gasteiger partial charge is 0.387 e. The molecule has 1 amide bonds. The summed E-state index contributed by atoms with van der Waals surface area (Å²) in [6, 6.07) is 11.3. The largest absolute Gasteiger partial charge is 0.497 e. The third-order valence-electron chi connectivity index (χ3n) is 3.42. The Balaban J connectivity index is 1.91. The highest BCUT2D eigenvalue weighted by Crippen LogP contribution is 2.23. The van der Waals surface area contributed by atoms with Crippen LogP contribution >= 0.6 is 0 Å². The first-order chi connectivity index (χ1) is 12.5. The second-order valence-corrected chi connectivity index (χ2v) is 5.22. The molecule has 2 aromatic rings. The van der Waals surface area contributed by atoms with Crippen molar-refractivity contribution in [2.75, 3.05) is 14.2 Å². The van der Waals surface area contributed by atoms with E-state index in [1.165, 1.54) is 18.2 Å². The number of rotatable bonds is 8. The maximum atomic E-state index is 12.1. The van der Waals surface area contributed by atoms with Crippen molar-refractivity contribution in [3.05, 3.63) is 59.7 Å². The Morgan fingerprint density at radius 1 is 1.04 bits per heavy atom. The van der Waals surface area contributed by atoms with Gasteiger partial charge in [0.25, 0.3) is 0 Å². The van der Waals surface area contributed by atoms with Gasteiger partial charge in [0.1, 0.15) is 17.2 Å². The maximum Gasteiger partial charge on any atom is 0.387 e. The Bertz CT molecular complexity index is 738. The fourth-order valence-corrected chi connectivity index (χ4v) is 2.13. The van der Waals surface area contributed by atoms with Crippen molar-refractivity contribution >= 4 is 12.0 Å². The van der Waals surface area contributed by atoms with E-state index in [0.29, 0.717) is 11.5 Å². The first-order valence-electron chi connectivity index (χ1n) is 7.73. The summed E-state index contributed by atoms with van der Waals surface area (Å²) in [5.41, 5.74) is 1.52. The van der Waals surface area contributed by atoms with Gasteiger partial charge in [-0.3, -0.25) is 4.79 Å². The molecule has 1 N–H and O–H groups in total. The molecule has 0 saturated heterocycles. The van der Waals surface area contributed by atoms with Crippen LogP contribution in [0.5, 0.6) is 17.2 Å². The molecule has 0 atom stereocenters. The van der Waals surface area contributed by atoms with Crippen molar-refractivity contribution in [1.29, 1.82) is 0 Å². The third-order valence-corrected chi connectivity index (χ3v) is 3.42. The number of nitrogens with one attached hydrogen (secondary N) is 1. The number of amides is 1. The summed E-state index contributed by atoms with van der Waals surface area (Å²) < 4.78 is 38.8. The van der Waals surface area contributed by atoms with Crippen LogP contribution in [0.1, 0.15) is 11.1 Å². The number of ether oxygens (including phenoxy) is 3. The second kappa shape index (κ2) is 9.41. The molecule has 0 fully saturated rings. The Morgan fingerprint density at radius 2 is 1.65 bits per heavy atom. The van der Waals surface area contributed by atoms with E-state index >= 15 is 0 Å². The minimum absolute atomic E-state index is 0.0712. The van der Waals surface area contributed by atoms with Crippen molar-refractivity contribution in [2.45, 2.75) is 13.2 Å². The Kier molecular flexibility index (Phi) is 6.96. The molecule has 0 aromatic heterocycles. The SMILES string of the molecule is COc1cc(/C=C/C(=O)NCc2ccc(OC(F)F)cc2)cc(OC)c1. The molecule has 26 heavy (non-hydrogen) atoms. The highest BCUT2D eigenvalue weighted by atomic mass is 19.3.